The van der Waals surface area contributed by atoms with Crippen LogP contribution in [-0.2, 0) is 16.6 Å². The molecule has 164 valence electrons. The Labute approximate surface area is 183 Å². The summed E-state index contributed by atoms with van der Waals surface area (Å²) in [4.78, 5) is 7.20. The second-order valence-corrected chi connectivity index (χ2v) is 8.64. The minimum absolute atomic E-state index is 0.00906. The van der Waals surface area contributed by atoms with Gasteiger partial charge in [-0.15, -0.1) is 0 Å². The molecule has 0 saturated heterocycles. The predicted molar refractivity (Wildman–Crippen MR) is 111 cm³/mol. The van der Waals surface area contributed by atoms with Crippen molar-refractivity contribution >= 4 is 27.4 Å². The van der Waals surface area contributed by atoms with Crippen LogP contribution in [0.1, 0.15) is 11.3 Å². The van der Waals surface area contributed by atoms with Gasteiger partial charge in [-0.1, -0.05) is 11.6 Å². The Bertz CT molecular complexity index is 1230. The van der Waals surface area contributed by atoms with Crippen molar-refractivity contribution in [3.05, 3.63) is 70.6 Å². The van der Waals surface area contributed by atoms with E-state index in [9.17, 15) is 17.2 Å². The van der Waals surface area contributed by atoms with E-state index in [4.69, 9.17) is 21.1 Å². The molecule has 31 heavy (non-hydrogen) atoms. The highest BCUT2D eigenvalue weighted by molar-refractivity contribution is 7.92. The van der Waals surface area contributed by atoms with E-state index < -0.39 is 31.6 Å². The van der Waals surface area contributed by atoms with Crippen molar-refractivity contribution in [2.24, 2.45) is 0 Å². The zero-order valence-electron chi connectivity index (χ0n) is 16.8. The molecule has 3 rings (SSSR count). The summed E-state index contributed by atoms with van der Waals surface area (Å²) in [7, 11) is -1.65. The number of aromatic nitrogens is 2. The first-order valence-electron chi connectivity index (χ1n) is 8.84. The lowest BCUT2D eigenvalue weighted by atomic mass is 10.2. The van der Waals surface area contributed by atoms with E-state index in [2.05, 4.69) is 9.97 Å². The molecule has 0 N–H and O–H groups in total. The van der Waals surface area contributed by atoms with E-state index in [1.54, 1.807) is 25.1 Å². The van der Waals surface area contributed by atoms with Crippen LogP contribution >= 0.6 is 11.6 Å². The Kier molecular flexibility index (Phi) is 6.61. The van der Waals surface area contributed by atoms with Crippen LogP contribution in [0.2, 0.25) is 5.02 Å². The minimum atomic E-state index is -4.55. The van der Waals surface area contributed by atoms with Gasteiger partial charge in [0.1, 0.15) is 40.2 Å². The number of sulfonamides is 1. The summed E-state index contributed by atoms with van der Waals surface area (Å²) >= 11 is 5.72. The van der Waals surface area contributed by atoms with Crippen molar-refractivity contribution in [2.75, 3.05) is 18.5 Å². The van der Waals surface area contributed by atoms with Crippen LogP contribution in [0.4, 0.5) is 14.6 Å². The van der Waals surface area contributed by atoms with Gasteiger partial charge in [-0.2, -0.15) is 0 Å². The Morgan fingerprint density at radius 3 is 2.42 bits per heavy atom. The first-order valence-corrected chi connectivity index (χ1v) is 10.7. The minimum Gasteiger partial charge on any atom is -0.497 e. The van der Waals surface area contributed by atoms with Gasteiger partial charge >= 0.3 is 0 Å². The number of hydrogen-bond acceptors (Lipinski definition) is 6. The lowest BCUT2D eigenvalue weighted by Gasteiger charge is -2.25. The molecule has 7 nitrogen and oxygen atoms in total. The number of hydrogen-bond donors (Lipinski definition) is 0. The largest absolute Gasteiger partial charge is 0.497 e. The Balaban J connectivity index is 2.18. The fourth-order valence-corrected chi connectivity index (χ4v) is 4.52. The normalized spacial score (nSPS) is 11.3. The van der Waals surface area contributed by atoms with Crippen LogP contribution < -0.4 is 13.8 Å². The SMILES string of the molecule is COc1ccc(CN(c2cc(C)ncn2)S(=O)(=O)c2cc(Cl)c(F)cc2F)c(OC)c1. The zero-order valence-corrected chi connectivity index (χ0v) is 18.3. The van der Waals surface area contributed by atoms with Gasteiger partial charge in [0.25, 0.3) is 10.0 Å². The van der Waals surface area contributed by atoms with Gasteiger partial charge in [0, 0.05) is 29.5 Å². The maximum Gasteiger partial charge on any atom is 0.268 e. The first-order chi connectivity index (χ1) is 14.7. The van der Waals surface area contributed by atoms with Gasteiger partial charge < -0.3 is 9.47 Å². The van der Waals surface area contributed by atoms with Crippen molar-refractivity contribution < 1.29 is 26.7 Å². The smallest absolute Gasteiger partial charge is 0.268 e. The molecule has 0 saturated carbocycles. The Morgan fingerprint density at radius 1 is 1.03 bits per heavy atom. The highest BCUT2D eigenvalue weighted by atomic mass is 35.5. The Hall–Kier alpha value is -2.98. The lowest BCUT2D eigenvalue weighted by Crippen LogP contribution is -2.32. The monoisotopic (exact) mass is 469 g/mol. The van der Waals surface area contributed by atoms with Crippen molar-refractivity contribution in [2.45, 2.75) is 18.4 Å². The molecule has 0 radical (unpaired) electrons. The zero-order chi connectivity index (χ0) is 22.8. The second kappa shape index (κ2) is 9.03. The van der Waals surface area contributed by atoms with Gasteiger partial charge in [0.05, 0.1) is 25.8 Å². The third kappa shape index (κ3) is 4.70. The van der Waals surface area contributed by atoms with Crippen molar-refractivity contribution in [1.82, 2.24) is 9.97 Å². The van der Waals surface area contributed by atoms with E-state index in [-0.39, 0.29) is 12.4 Å². The average molecular weight is 470 g/mol. The number of methoxy groups -OCH3 is 2. The van der Waals surface area contributed by atoms with Gasteiger partial charge in [-0.25, -0.2) is 31.5 Å². The highest BCUT2D eigenvalue weighted by Crippen LogP contribution is 2.32. The van der Waals surface area contributed by atoms with Gasteiger partial charge in [-0.3, -0.25) is 0 Å². The van der Waals surface area contributed by atoms with Gasteiger partial charge in [-0.05, 0) is 25.1 Å². The topological polar surface area (TPSA) is 81.6 Å². The summed E-state index contributed by atoms with van der Waals surface area (Å²) in [5, 5.41) is -0.527. The molecule has 2 aromatic carbocycles. The molecule has 0 bridgehead atoms. The molecule has 0 amide bonds. The summed E-state index contributed by atoms with van der Waals surface area (Å²) < 4.78 is 66.3. The Morgan fingerprint density at radius 2 is 1.77 bits per heavy atom. The molecule has 0 aliphatic rings. The van der Waals surface area contributed by atoms with E-state index in [0.717, 1.165) is 10.4 Å². The van der Waals surface area contributed by atoms with Crippen molar-refractivity contribution in [1.29, 1.82) is 0 Å². The standard InChI is InChI=1S/C20H18ClF2N3O4S/c1-12-6-20(25-11-24-12)26(10-13-4-5-14(29-2)7-18(13)30-3)31(27,28)19-8-15(21)16(22)9-17(19)23/h4-9,11H,10H2,1-3H3. The summed E-state index contributed by atoms with van der Waals surface area (Å²) in [6.45, 7) is 1.39. The number of benzene rings is 2. The molecular weight excluding hydrogens is 452 g/mol. The fourth-order valence-electron chi connectivity index (χ4n) is 2.82. The highest BCUT2D eigenvalue weighted by Gasteiger charge is 2.31. The van der Waals surface area contributed by atoms with Crippen molar-refractivity contribution in [3.63, 3.8) is 0 Å². The van der Waals surface area contributed by atoms with Crippen molar-refractivity contribution in [3.8, 4) is 11.5 Å². The molecule has 1 aromatic heterocycles. The molecule has 11 heteroatoms. The van der Waals surface area contributed by atoms with Crippen LogP contribution in [0, 0.1) is 18.6 Å². The van der Waals surface area contributed by atoms with Crippen LogP contribution in [-0.4, -0.2) is 32.6 Å². The molecule has 1 heterocycles. The maximum absolute atomic E-state index is 14.5. The molecule has 3 aromatic rings. The fraction of sp³-hybridized carbons (Fsp3) is 0.200. The number of rotatable bonds is 7. The number of aryl methyl sites for hydroxylation is 1. The molecule has 0 unspecified atom stereocenters. The molecule has 0 aliphatic heterocycles. The van der Waals surface area contributed by atoms with Gasteiger partial charge in [0.15, 0.2) is 0 Å². The first kappa shape index (κ1) is 22.7. The van der Waals surface area contributed by atoms with Gasteiger partial charge in [0.2, 0.25) is 0 Å². The number of halogens is 3. The molecule has 0 atom stereocenters. The lowest BCUT2D eigenvalue weighted by molar-refractivity contribution is 0.391. The molecule has 0 fully saturated rings. The second-order valence-electron chi connectivity index (χ2n) is 6.40. The maximum atomic E-state index is 14.5. The van der Waals surface area contributed by atoms with E-state index in [0.29, 0.717) is 28.8 Å². The molecular formula is C20H18ClF2N3O4S. The third-order valence-electron chi connectivity index (χ3n) is 4.40. The summed E-state index contributed by atoms with van der Waals surface area (Å²) in [6, 6.07) is 7.41. The number of ether oxygens (including phenoxy) is 2. The van der Waals surface area contributed by atoms with Crippen LogP contribution in [0.5, 0.6) is 11.5 Å². The molecule has 0 spiro atoms. The average Bonchev–Trinajstić information content (AvgIpc) is 2.74. The summed E-state index contributed by atoms with van der Waals surface area (Å²) in [5.74, 6) is -1.50. The van der Waals surface area contributed by atoms with Crippen LogP contribution in [0.3, 0.4) is 0 Å². The van der Waals surface area contributed by atoms with E-state index in [1.807, 2.05) is 0 Å². The number of anilines is 1. The van der Waals surface area contributed by atoms with Crippen LogP contribution in [0.25, 0.3) is 0 Å². The molecule has 0 aliphatic carbocycles. The predicted octanol–water partition coefficient (Wildman–Crippen LogP) is 4.13. The van der Waals surface area contributed by atoms with E-state index in [1.165, 1.54) is 26.6 Å². The summed E-state index contributed by atoms with van der Waals surface area (Å²) in [5.41, 5.74) is 0.946. The van der Waals surface area contributed by atoms with Crippen LogP contribution in [0.15, 0.2) is 47.6 Å². The summed E-state index contributed by atoms with van der Waals surface area (Å²) in [6.07, 6.45) is 1.19. The number of nitrogens with zero attached hydrogens (tertiary/aromatic N) is 3. The quantitative estimate of drug-likeness (QED) is 0.484. The van der Waals surface area contributed by atoms with E-state index >= 15 is 0 Å². The third-order valence-corrected chi connectivity index (χ3v) is 6.45.